The van der Waals surface area contributed by atoms with E-state index in [1.165, 1.54) is 0 Å². The van der Waals surface area contributed by atoms with Crippen molar-refractivity contribution in [3.05, 3.63) is 0 Å². The number of hydrogen-bond acceptors (Lipinski definition) is 4. The first-order valence-corrected chi connectivity index (χ1v) is 8.97. The van der Waals surface area contributed by atoms with Crippen LogP contribution in [0, 0.1) is 5.92 Å². The molecule has 5 nitrogen and oxygen atoms in total. The van der Waals surface area contributed by atoms with Gasteiger partial charge in [-0.25, -0.2) is 0 Å². The van der Waals surface area contributed by atoms with Crippen LogP contribution in [0.4, 0.5) is 0 Å². The summed E-state index contributed by atoms with van der Waals surface area (Å²) >= 11 is 0. The van der Waals surface area contributed by atoms with Crippen molar-refractivity contribution >= 4 is 5.91 Å². The van der Waals surface area contributed by atoms with E-state index in [2.05, 4.69) is 18.7 Å². The molecule has 2 aliphatic heterocycles. The topological polar surface area (TPSA) is 53.0 Å². The molecule has 2 fully saturated rings. The predicted molar refractivity (Wildman–Crippen MR) is 91.0 cm³/mol. The van der Waals surface area contributed by atoms with Gasteiger partial charge in [-0.2, -0.15) is 0 Å². The zero-order valence-electron chi connectivity index (χ0n) is 15.5. The van der Waals surface area contributed by atoms with Crippen LogP contribution >= 0.6 is 0 Å². The molecular formula is C18H34N2O3. The minimum Gasteiger partial charge on any atom is -0.378 e. The van der Waals surface area contributed by atoms with Crippen LogP contribution in [-0.2, 0) is 9.53 Å². The van der Waals surface area contributed by atoms with Gasteiger partial charge in [-0.3, -0.25) is 9.69 Å². The molecule has 2 saturated heterocycles. The van der Waals surface area contributed by atoms with Gasteiger partial charge in [0, 0.05) is 37.5 Å². The summed E-state index contributed by atoms with van der Waals surface area (Å²) in [5.41, 5.74) is -0.306. The third-order valence-corrected chi connectivity index (χ3v) is 5.06. The Balaban J connectivity index is 1.84. The summed E-state index contributed by atoms with van der Waals surface area (Å²) in [6, 6.07) is 0. The summed E-state index contributed by atoms with van der Waals surface area (Å²) in [5.74, 6) is 0.492. The number of ether oxygens (including phenoxy) is 1. The van der Waals surface area contributed by atoms with Crippen molar-refractivity contribution in [1.82, 2.24) is 9.80 Å². The minimum absolute atomic E-state index is 0.137. The van der Waals surface area contributed by atoms with Gasteiger partial charge in [0.25, 0.3) is 0 Å². The number of likely N-dealkylation sites (tertiary alicyclic amines) is 2. The van der Waals surface area contributed by atoms with Crippen LogP contribution < -0.4 is 0 Å². The molecule has 0 bridgehead atoms. The quantitative estimate of drug-likeness (QED) is 0.813. The van der Waals surface area contributed by atoms with Gasteiger partial charge in [0.2, 0.25) is 5.91 Å². The van der Waals surface area contributed by atoms with Crippen LogP contribution in [0.25, 0.3) is 0 Å². The van der Waals surface area contributed by atoms with Gasteiger partial charge in [0.15, 0.2) is 0 Å². The summed E-state index contributed by atoms with van der Waals surface area (Å²) in [4.78, 5) is 16.1. The first-order valence-electron chi connectivity index (χ1n) is 8.97. The van der Waals surface area contributed by atoms with E-state index in [4.69, 9.17) is 4.74 Å². The lowest BCUT2D eigenvalue weighted by Gasteiger charge is -2.38. The van der Waals surface area contributed by atoms with Crippen LogP contribution in [0.15, 0.2) is 0 Å². The van der Waals surface area contributed by atoms with Gasteiger partial charge in [-0.05, 0) is 53.9 Å². The fourth-order valence-electron chi connectivity index (χ4n) is 3.87. The van der Waals surface area contributed by atoms with Gasteiger partial charge in [-0.1, -0.05) is 0 Å². The van der Waals surface area contributed by atoms with Crippen molar-refractivity contribution in [3.63, 3.8) is 0 Å². The number of aliphatic hydroxyl groups is 1. The molecule has 0 aromatic rings. The third-order valence-electron chi connectivity index (χ3n) is 5.06. The van der Waals surface area contributed by atoms with Gasteiger partial charge in [-0.15, -0.1) is 0 Å². The zero-order chi connectivity index (χ0) is 17.3. The summed E-state index contributed by atoms with van der Waals surface area (Å²) in [6.07, 6.45) is 3.06. The molecular weight excluding hydrogens is 292 g/mol. The lowest BCUT2D eigenvalue weighted by molar-refractivity contribution is -0.133. The molecule has 0 aromatic heterocycles. The zero-order valence-corrected chi connectivity index (χ0v) is 15.5. The molecule has 0 spiro atoms. The molecule has 2 atom stereocenters. The van der Waals surface area contributed by atoms with E-state index >= 15 is 0 Å². The van der Waals surface area contributed by atoms with E-state index in [1.807, 2.05) is 25.7 Å². The van der Waals surface area contributed by atoms with Crippen LogP contribution in [-0.4, -0.2) is 64.4 Å². The number of rotatable bonds is 6. The number of nitrogens with zero attached hydrogens (tertiary/aromatic N) is 2. The Hall–Kier alpha value is -0.650. The molecule has 2 rings (SSSR count). The first-order chi connectivity index (χ1) is 10.6. The molecule has 0 radical (unpaired) electrons. The van der Waals surface area contributed by atoms with E-state index in [9.17, 15) is 9.90 Å². The number of amides is 1. The van der Waals surface area contributed by atoms with Crippen LogP contribution in [0.2, 0.25) is 0 Å². The molecule has 1 amide bonds. The highest BCUT2D eigenvalue weighted by atomic mass is 16.5. The second-order valence-electron chi connectivity index (χ2n) is 8.62. The molecule has 2 heterocycles. The molecule has 0 aliphatic carbocycles. The second kappa shape index (κ2) is 7.08. The Morgan fingerprint density at radius 3 is 2.48 bits per heavy atom. The van der Waals surface area contributed by atoms with Gasteiger partial charge >= 0.3 is 0 Å². The molecule has 23 heavy (non-hydrogen) atoms. The Morgan fingerprint density at radius 2 is 1.91 bits per heavy atom. The molecule has 1 N–H and O–H groups in total. The Morgan fingerprint density at radius 1 is 1.22 bits per heavy atom. The van der Waals surface area contributed by atoms with Gasteiger partial charge in [0.05, 0.1) is 12.2 Å². The molecule has 0 saturated carbocycles. The average Bonchev–Trinajstić information content (AvgIpc) is 2.98. The molecule has 134 valence electrons. The largest absolute Gasteiger partial charge is 0.378 e. The minimum atomic E-state index is -0.421. The predicted octanol–water partition coefficient (Wildman–Crippen LogP) is 2.23. The van der Waals surface area contributed by atoms with Gasteiger partial charge < -0.3 is 14.7 Å². The second-order valence-corrected chi connectivity index (χ2v) is 8.62. The van der Waals surface area contributed by atoms with E-state index in [-0.39, 0.29) is 23.0 Å². The fourth-order valence-corrected chi connectivity index (χ4v) is 3.87. The maximum atomic E-state index is 12.0. The third kappa shape index (κ3) is 4.91. The maximum absolute atomic E-state index is 12.0. The summed E-state index contributed by atoms with van der Waals surface area (Å²) < 4.78 is 5.77. The van der Waals surface area contributed by atoms with Crippen LogP contribution in [0.1, 0.15) is 60.3 Å². The summed E-state index contributed by atoms with van der Waals surface area (Å²) in [6.45, 7) is 13.6. The maximum Gasteiger partial charge on any atom is 0.223 e. The standard InChI is InChI=1S/C18H34N2O3/c1-17(2,3)23-12-11-19-10-8-14(16(19)22)13-18(4,5)20-9-6-7-15(20)21/h14,16,22H,6-13H2,1-5H3. The molecule has 2 unspecified atom stereocenters. The van der Waals surface area contributed by atoms with Crippen LogP contribution in [0.5, 0.6) is 0 Å². The van der Waals surface area contributed by atoms with E-state index < -0.39 is 6.23 Å². The SMILES string of the molecule is CC(C)(C)OCCN1CCC(CC(C)(C)N2CCCC2=O)C1O. The molecule has 5 heteroatoms. The van der Waals surface area contributed by atoms with Crippen molar-refractivity contribution in [2.75, 3.05) is 26.2 Å². The highest BCUT2D eigenvalue weighted by Crippen LogP contribution is 2.34. The Labute approximate surface area is 141 Å². The lowest BCUT2D eigenvalue weighted by Crippen LogP contribution is -2.47. The van der Waals surface area contributed by atoms with E-state index in [0.29, 0.717) is 13.0 Å². The number of carbonyl (C=O) groups excluding carboxylic acids is 1. The number of carbonyl (C=O) groups is 1. The number of hydrogen-bond donors (Lipinski definition) is 1. The van der Waals surface area contributed by atoms with Crippen molar-refractivity contribution in [2.45, 2.75) is 77.7 Å². The average molecular weight is 326 g/mol. The first kappa shape index (κ1) is 18.7. The Bertz CT molecular complexity index is 417. The lowest BCUT2D eigenvalue weighted by atomic mass is 9.87. The monoisotopic (exact) mass is 326 g/mol. The molecule has 0 aromatic carbocycles. The van der Waals surface area contributed by atoms with Crippen molar-refractivity contribution in [2.24, 2.45) is 5.92 Å². The normalized spacial score (nSPS) is 27.2. The number of aliphatic hydroxyl groups excluding tert-OH is 1. The van der Waals surface area contributed by atoms with Crippen molar-refractivity contribution < 1.29 is 14.6 Å². The smallest absolute Gasteiger partial charge is 0.223 e. The summed E-state index contributed by atoms with van der Waals surface area (Å²) in [7, 11) is 0. The highest BCUT2D eigenvalue weighted by Gasteiger charge is 2.40. The fraction of sp³-hybridized carbons (Fsp3) is 0.944. The summed E-state index contributed by atoms with van der Waals surface area (Å²) in [5, 5.41) is 10.6. The van der Waals surface area contributed by atoms with E-state index in [0.717, 1.165) is 38.9 Å². The van der Waals surface area contributed by atoms with Crippen LogP contribution in [0.3, 0.4) is 0 Å². The van der Waals surface area contributed by atoms with Crippen molar-refractivity contribution in [1.29, 1.82) is 0 Å². The van der Waals surface area contributed by atoms with Gasteiger partial charge in [0.1, 0.15) is 6.23 Å². The van der Waals surface area contributed by atoms with E-state index in [1.54, 1.807) is 0 Å². The van der Waals surface area contributed by atoms with Crippen molar-refractivity contribution in [3.8, 4) is 0 Å². The Kier molecular flexibility index (Phi) is 5.75. The highest BCUT2D eigenvalue weighted by molar-refractivity contribution is 5.78. The molecule has 2 aliphatic rings.